The first-order valence-corrected chi connectivity index (χ1v) is 10.1. The third kappa shape index (κ3) is 3.80. The molecule has 6 heteroatoms. The summed E-state index contributed by atoms with van der Waals surface area (Å²) < 4.78 is 0. The van der Waals surface area contributed by atoms with E-state index in [1.165, 1.54) is 4.90 Å². The van der Waals surface area contributed by atoms with Gasteiger partial charge in [0, 0.05) is 29.4 Å². The molecule has 0 fully saturated rings. The predicted octanol–water partition coefficient (Wildman–Crippen LogP) is 5.40. The molecule has 146 valence electrons. The van der Waals surface area contributed by atoms with Crippen LogP contribution in [0.5, 0.6) is 0 Å². The molecule has 0 radical (unpaired) electrons. The molecule has 2 amide bonds. The number of imide groups is 1. The molecule has 0 unspecified atom stereocenters. The van der Waals surface area contributed by atoms with Crippen LogP contribution in [0.2, 0.25) is 10.0 Å². The van der Waals surface area contributed by atoms with E-state index in [4.69, 9.17) is 23.2 Å². The zero-order chi connectivity index (χ0) is 20.3. The van der Waals surface area contributed by atoms with E-state index >= 15 is 0 Å². The summed E-state index contributed by atoms with van der Waals surface area (Å²) in [6.45, 7) is 4.90. The molecule has 2 aromatic carbocycles. The lowest BCUT2D eigenvalue weighted by atomic mass is 10.0. The highest BCUT2D eigenvalue weighted by molar-refractivity contribution is 6.41. The van der Waals surface area contributed by atoms with Crippen molar-refractivity contribution in [3.05, 3.63) is 69.8 Å². The first-order chi connectivity index (χ1) is 13.5. The maximum absolute atomic E-state index is 13.3. The largest absolute Gasteiger partial charge is 0.337 e. The van der Waals surface area contributed by atoms with Gasteiger partial charge < -0.3 is 4.90 Å². The number of halogens is 2. The number of unbranched alkanes of at least 4 members (excludes halogenated alkanes) is 1. The number of likely N-dealkylation sites (N-methyl/N-ethyl adjacent to an activating group) is 1. The quantitative estimate of drug-likeness (QED) is 0.567. The second-order valence-corrected chi connectivity index (χ2v) is 7.39. The number of rotatable bonds is 7. The summed E-state index contributed by atoms with van der Waals surface area (Å²) in [5.41, 5.74) is 2.06. The molecule has 0 spiro atoms. The number of hydrogen-bond acceptors (Lipinski definition) is 3. The third-order valence-corrected chi connectivity index (χ3v) is 5.28. The fraction of sp³-hybridized carbons (Fsp3) is 0.273. The van der Waals surface area contributed by atoms with Gasteiger partial charge in [-0.05, 0) is 37.6 Å². The normalized spacial score (nSPS) is 14.2. The number of hydrogen-bond donors (Lipinski definition) is 0. The van der Waals surface area contributed by atoms with E-state index in [0.29, 0.717) is 40.0 Å². The number of carbonyl (C=O) groups excluding carboxylic acids is 2. The maximum atomic E-state index is 13.3. The smallest absolute Gasteiger partial charge is 0.278 e. The fourth-order valence-corrected chi connectivity index (χ4v) is 3.85. The molecule has 0 aromatic heterocycles. The number of amides is 2. The van der Waals surface area contributed by atoms with Gasteiger partial charge in [-0.25, -0.2) is 0 Å². The van der Waals surface area contributed by atoms with Gasteiger partial charge in [0.1, 0.15) is 5.70 Å². The Kier molecular flexibility index (Phi) is 6.42. The molecule has 0 aliphatic carbocycles. The molecule has 1 aliphatic rings. The van der Waals surface area contributed by atoms with Crippen molar-refractivity contribution in [3.8, 4) is 0 Å². The lowest BCUT2D eigenvalue weighted by Crippen LogP contribution is -2.36. The second kappa shape index (κ2) is 8.80. The van der Waals surface area contributed by atoms with Gasteiger partial charge >= 0.3 is 0 Å². The summed E-state index contributed by atoms with van der Waals surface area (Å²) in [5.74, 6) is -0.600. The van der Waals surface area contributed by atoms with E-state index in [-0.39, 0.29) is 11.8 Å². The van der Waals surface area contributed by atoms with Crippen molar-refractivity contribution in [1.82, 2.24) is 4.90 Å². The minimum atomic E-state index is -0.313. The van der Waals surface area contributed by atoms with Gasteiger partial charge in [0.05, 0.1) is 10.6 Å². The van der Waals surface area contributed by atoms with Gasteiger partial charge in [-0.2, -0.15) is 0 Å². The second-order valence-electron chi connectivity index (χ2n) is 6.54. The van der Waals surface area contributed by atoms with Crippen LogP contribution in [0.3, 0.4) is 0 Å². The summed E-state index contributed by atoms with van der Waals surface area (Å²) in [4.78, 5) is 29.7. The van der Waals surface area contributed by atoms with Crippen LogP contribution < -0.4 is 4.90 Å². The predicted molar refractivity (Wildman–Crippen MR) is 114 cm³/mol. The summed E-state index contributed by atoms with van der Waals surface area (Å²) in [5, 5.41) is 0.827. The van der Waals surface area contributed by atoms with E-state index in [1.807, 2.05) is 49.1 Å². The number of benzene rings is 2. The SMILES string of the molecule is CCCCN1C(=O)C(c2ccc(Cl)cc2Cl)=C(N(CC)c2ccccc2)C1=O. The van der Waals surface area contributed by atoms with E-state index < -0.39 is 0 Å². The van der Waals surface area contributed by atoms with Crippen molar-refractivity contribution in [2.45, 2.75) is 26.7 Å². The highest BCUT2D eigenvalue weighted by Crippen LogP contribution is 2.37. The zero-order valence-corrected chi connectivity index (χ0v) is 17.4. The highest BCUT2D eigenvalue weighted by Gasteiger charge is 2.41. The Bertz CT molecular complexity index is 925. The average molecular weight is 417 g/mol. The van der Waals surface area contributed by atoms with Gasteiger partial charge in [-0.15, -0.1) is 0 Å². The number of anilines is 1. The molecule has 3 rings (SSSR count). The molecule has 1 aliphatic heterocycles. The molecule has 28 heavy (non-hydrogen) atoms. The van der Waals surface area contributed by atoms with E-state index in [0.717, 1.165) is 18.5 Å². The lowest BCUT2D eigenvalue weighted by molar-refractivity contribution is -0.136. The zero-order valence-electron chi connectivity index (χ0n) is 15.9. The van der Waals surface area contributed by atoms with Gasteiger partial charge in [0.15, 0.2) is 0 Å². The number of nitrogens with zero attached hydrogens (tertiary/aromatic N) is 2. The Hall–Kier alpha value is -2.30. The van der Waals surface area contributed by atoms with E-state index in [9.17, 15) is 9.59 Å². The number of carbonyl (C=O) groups is 2. The van der Waals surface area contributed by atoms with E-state index in [1.54, 1.807) is 18.2 Å². The standard InChI is InChI=1S/C22H22Cl2N2O2/c1-3-5-13-26-21(27)19(17-12-11-15(23)14-18(17)24)20(22(26)28)25(4-2)16-9-7-6-8-10-16/h6-12,14H,3-5,13H2,1-2H3. The monoisotopic (exact) mass is 416 g/mol. The van der Waals surface area contributed by atoms with Crippen LogP contribution in [0, 0.1) is 0 Å². The molecule has 0 saturated heterocycles. The van der Waals surface area contributed by atoms with Gasteiger partial charge in [-0.3, -0.25) is 14.5 Å². The van der Waals surface area contributed by atoms with Crippen molar-refractivity contribution in [3.63, 3.8) is 0 Å². The summed E-state index contributed by atoms with van der Waals surface area (Å²) in [7, 11) is 0. The van der Waals surface area contributed by atoms with Crippen molar-refractivity contribution < 1.29 is 9.59 Å². The molecule has 0 atom stereocenters. The van der Waals surface area contributed by atoms with Crippen LogP contribution in [-0.2, 0) is 9.59 Å². The summed E-state index contributed by atoms with van der Waals surface area (Å²) >= 11 is 12.4. The Balaban J connectivity index is 2.19. The molecule has 4 nitrogen and oxygen atoms in total. The minimum Gasteiger partial charge on any atom is -0.337 e. The molecule has 0 N–H and O–H groups in total. The van der Waals surface area contributed by atoms with Gasteiger partial charge in [0.2, 0.25) is 0 Å². The highest BCUT2D eigenvalue weighted by atomic mass is 35.5. The van der Waals surface area contributed by atoms with Gasteiger partial charge in [-0.1, -0.05) is 60.8 Å². The van der Waals surface area contributed by atoms with Crippen molar-refractivity contribution in [2.24, 2.45) is 0 Å². The average Bonchev–Trinajstić information content (AvgIpc) is 2.92. The molecular weight excluding hydrogens is 395 g/mol. The molecular formula is C22H22Cl2N2O2. The van der Waals surface area contributed by atoms with Crippen LogP contribution in [-0.4, -0.2) is 29.8 Å². The first kappa shape index (κ1) is 20.4. The number of para-hydroxylation sites is 1. The summed E-state index contributed by atoms with van der Waals surface area (Å²) in [6.07, 6.45) is 1.64. The fourth-order valence-electron chi connectivity index (χ4n) is 3.35. The summed E-state index contributed by atoms with van der Waals surface area (Å²) in [6, 6.07) is 14.5. The van der Waals surface area contributed by atoms with Crippen molar-refractivity contribution in [1.29, 1.82) is 0 Å². The Labute approximate surface area is 175 Å². The molecule has 1 heterocycles. The Morgan fingerprint density at radius 1 is 0.964 bits per heavy atom. The first-order valence-electron chi connectivity index (χ1n) is 9.38. The van der Waals surface area contributed by atoms with Crippen LogP contribution in [0.25, 0.3) is 5.57 Å². The van der Waals surface area contributed by atoms with Crippen molar-refractivity contribution >= 4 is 46.3 Å². The molecule has 0 bridgehead atoms. The lowest BCUT2D eigenvalue weighted by Gasteiger charge is -2.25. The van der Waals surface area contributed by atoms with Crippen LogP contribution >= 0.6 is 23.2 Å². The third-order valence-electron chi connectivity index (χ3n) is 4.73. The van der Waals surface area contributed by atoms with Crippen LogP contribution in [0.1, 0.15) is 32.3 Å². The topological polar surface area (TPSA) is 40.6 Å². The van der Waals surface area contributed by atoms with Crippen LogP contribution in [0.4, 0.5) is 5.69 Å². The minimum absolute atomic E-state index is 0.287. The Morgan fingerprint density at radius 2 is 1.68 bits per heavy atom. The maximum Gasteiger partial charge on any atom is 0.278 e. The Morgan fingerprint density at radius 3 is 2.29 bits per heavy atom. The van der Waals surface area contributed by atoms with Gasteiger partial charge in [0.25, 0.3) is 11.8 Å². The molecule has 2 aromatic rings. The molecule has 0 saturated carbocycles. The van der Waals surface area contributed by atoms with E-state index in [2.05, 4.69) is 0 Å². The van der Waals surface area contributed by atoms with Crippen LogP contribution in [0.15, 0.2) is 54.2 Å². The van der Waals surface area contributed by atoms with Crippen molar-refractivity contribution in [2.75, 3.05) is 18.0 Å².